The van der Waals surface area contributed by atoms with Gasteiger partial charge in [-0.25, -0.2) is 0 Å². The van der Waals surface area contributed by atoms with E-state index in [1.165, 1.54) is 106 Å². The number of piperidine rings is 2. The molecule has 35 heavy (non-hydrogen) atoms. The summed E-state index contributed by atoms with van der Waals surface area (Å²) >= 11 is 0. The molecule has 0 N–H and O–H groups in total. The van der Waals surface area contributed by atoms with Gasteiger partial charge in [0.05, 0.1) is 0 Å². The molecule has 0 aliphatic carbocycles. The highest BCUT2D eigenvalue weighted by atomic mass is 15.1. The third kappa shape index (κ3) is 8.92. The van der Waals surface area contributed by atoms with Gasteiger partial charge < -0.3 is 9.80 Å². The minimum Gasteiger partial charge on any atom is -0.303 e. The van der Waals surface area contributed by atoms with Crippen LogP contribution in [0.15, 0.2) is 61.2 Å². The Morgan fingerprint density at radius 2 is 1.51 bits per heavy atom. The van der Waals surface area contributed by atoms with Gasteiger partial charge in [-0.15, -0.1) is 0 Å². The van der Waals surface area contributed by atoms with Crippen molar-refractivity contribution >= 4 is 5.57 Å². The molecule has 2 aromatic rings. The largest absolute Gasteiger partial charge is 0.303 e. The summed E-state index contributed by atoms with van der Waals surface area (Å²) in [6.45, 7) is 18.4. The standard InChI is InChI=1S/C31H44N2.C2H6/c1-26(12-11-21-32-19-9-4-10-20-32)31-16-8-7-15-30(31)24-28-17-22-33(23-18-28)25-27(2)29-13-5-3-6-14-29;1-2/h3,5-8,13-16,27-28H,1,4,9-12,17-25H2,2H3;1-2H3. The Kier molecular flexibility index (Phi) is 12.1. The number of nitrogens with zero attached hydrogens (tertiary/aromatic N) is 2. The average molecular weight is 475 g/mol. The first-order chi connectivity index (χ1) is 17.2. The average Bonchev–Trinajstić information content (AvgIpc) is 2.92. The van der Waals surface area contributed by atoms with Crippen molar-refractivity contribution in [3.63, 3.8) is 0 Å². The summed E-state index contributed by atoms with van der Waals surface area (Å²) in [7, 11) is 0. The van der Waals surface area contributed by atoms with Gasteiger partial charge in [-0.3, -0.25) is 0 Å². The molecule has 0 aromatic heterocycles. The maximum atomic E-state index is 4.51. The first-order valence-corrected chi connectivity index (χ1v) is 14.4. The molecule has 0 radical (unpaired) electrons. The molecule has 2 aliphatic heterocycles. The molecular weight excluding hydrogens is 424 g/mol. The van der Waals surface area contributed by atoms with Crippen LogP contribution >= 0.6 is 0 Å². The van der Waals surface area contributed by atoms with Gasteiger partial charge in [-0.1, -0.05) is 88.4 Å². The summed E-state index contributed by atoms with van der Waals surface area (Å²) in [5.41, 5.74) is 5.76. The van der Waals surface area contributed by atoms with Crippen molar-refractivity contribution in [1.29, 1.82) is 0 Å². The number of hydrogen-bond acceptors (Lipinski definition) is 2. The Morgan fingerprint density at radius 1 is 0.857 bits per heavy atom. The van der Waals surface area contributed by atoms with E-state index >= 15 is 0 Å². The monoisotopic (exact) mass is 474 g/mol. The van der Waals surface area contributed by atoms with Crippen molar-refractivity contribution in [2.45, 2.75) is 78.1 Å². The van der Waals surface area contributed by atoms with Crippen molar-refractivity contribution < 1.29 is 0 Å². The van der Waals surface area contributed by atoms with E-state index in [0.717, 1.165) is 12.3 Å². The van der Waals surface area contributed by atoms with E-state index in [2.05, 4.69) is 77.9 Å². The third-order valence-electron chi connectivity index (χ3n) is 7.92. The molecule has 2 nitrogen and oxygen atoms in total. The summed E-state index contributed by atoms with van der Waals surface area (Å²) in [5, 5.41) is 0. The summed E-state index contributed by atoms with van der Waals surface area (Å²) in [4.78, 5) is 5.33. The maximum Gasteiger partial charge on any atom is 0.00476 e. The molecule has 1 unspecified atom stereocenters. The summed E-state index contributed by atoms with van der Waals surface area (Å²) in [6.07, 6.45) is 10.4. The van der Waals surface area contributed by atoms with Crippen molar-refractivity contribution in [1.82, 2.24) is 9.80 Å². The molecule has 2 heteroatoms. The van der Waals surface area contributed by atoms with Gasteiger partial charge >= 0.3 is 0 Å². The van der Waals surface area contributed by atoms with Gasteiger partial charge in [0.15, 0.2) is 0 Å². The van der Waals surface area contributed by atoms with Crippen LogP contribution in [0.5, 0.6) is 0 Å². The fourth-order valence-corrected chi connectivity index (χ4v) is 5.84. The van der Waals surface area contributed by atoms with Crippen LogP contribution in [-0.2, 0) is 6.42 Å². The molecule has 2 heterocycles. The first kappa shape index (κ1) is 27.7. The predicted molar refractivity (Wildman–Crippen MR) is 154 cm³/mol. The number of benzene rings is 2. The summed E-state index contributed by atoms with van der Waals surface area (Å²) in [5.74, 6) is 1.41. The minimum atomic E-state index is 0.608. The smallest absolute Gasteiger partial charge is 0.00476 e. The van der Waals surface area contributed by atoms with Gasteiger partial charge in [0.25, 0.3) is 0 Å². The molecular formula is C33H50N2. The lowest BCUT2D eigenvalue weighted by Gasteiger charge is -2.34. The quantitative estimate of drug-likeness (QED) is 0.344. The second kappa shape index (κ2) is 15.3. The van der Waals surface area contributed by atoms with Crippen molar-refractivity contribution in [2.24, 2.45) is 5.92 Å². The third-order valence-corrected chi connectivity index (χ3v) is 7.92. The molecule has 4 rings (SSSR count). The van der Waals surface area contributed by atoms with Crippen LogP contribution < -0.4 is 0 Å². The Hall–Kier alpha value is -1.90. The van der Waals surface area contributed by atoms with Crippen LogP contribution in [0.2, 0.25) is 0 Å². The molecule has 1 atom stereocenters. The molecule has 0 amide bonds. The van der Waals surface area contributed by atoms with E-state index < -0.39 is 0 Å². The normalized spacial score (nSPS) is 18.5. The zero-order chi connectivity index (χ0) is 24.9. The molecule has 2 aromatic carbocycles. The highest BCUT2D eigenvalue weighted by Gasteiger charge is 2.22. The number of likely N-dealkylation sites (tertiary alicyclic amines) is 2. The molecule has 2 aliphatic rings. The number of hydrogen-bond donors (Lipinski definition) is 0. The lowest BCUT2D eigenvalue weighted by Crippen LogP contribution is -2.36. The predicted octanol–water partition coefficient (Wildman–Crippen LogP) is 8.05. The highest BCUT2D eigenvalue weighted by molar-refractivity contribution is 5.66. The Balaban J connectivity index is 0.00000167. The Bertz CT molecular complexity index is 844. The lowest BCUT2D eigenvalue weighted by atomic mass is 9.86. The van der Waals surface area contributed by atoms with Crippen LogP contribution in [0.4, 0.5) is 0 Å². The second-order valence-electron chi connectivity index (χ2n) is 10.5. The van der Waals surface area contributed by atoms with E-state index in [0.29, 0.717) is 5.92 Å². The molecule has 192 valence electrons. The van der Waals surface area contributed by atoms with Gasteiger partial charge in [0, 0.05) is 6.54 Å². The van der Waals surface area contributed by atoms with E-state index in [1.54, 1.807) is 0 Å². The SMILES string of the molecule is C=C(CCCN1CCCCC1)c1ccccc1CC1CCN(CC(C)c2ccccc2)CC1.CC. The fourth-order valence-electron chi connectivity index (χ4n) is 5.84. The van der Waals surface area contributed by atoms with Crippen LogP contribution in [0.3, 0.4) is 0 Å². The van der Waals surface area contributed by atoms with Crippen molar-refractivity contribution in [3.05, 3.63) is 77.9 Å². The van der Waals surface area contributed by atoms with Crippen molar-refractivity contribution in [2.75, 3.05) is 39.3 Å². The van der Waals surface area contributed by atoms with E-state index in [1.807, 2.05) is 13.8 Å². The number of allylic oxidation sites excluding steroid dienone is 1. The van der Waals surface area contributed by atoms with Crippen LogP contribution in [0.25, 0.3) is 5.57 Å². The fraction of sp³-hybridized carbons (Fsp3) is 0.576. The van der Waals surface area contributed by atoms with Gasteiger partial charge in [-0.05, 0) is 112 Å². The lowest BCUT2D eigenvalue weighted by molar-refractivity contribution is 0.177. The van der Waals surface area contributed by atoms with Crippen LogP contribution in [-0.4, -0.2) is 49.1 Å². The van der Waals surface area contributed by atoms with Crippen LogP contribution in [0, 0.1) is 5.92 Å². The molecule has 0 bridgehead atoms. The molecule has 2 saturated heterocycles. The van der Waals surface area contributed by atoms with Crippen molar-refractivity contribution in [3.8, 4) is 0 Å². The van der Waals surface area contributed by atoms with E-state index in [4.69, 9.17) is 0 Å². The summed E-state index contributed by atoms with van der Waals surface area (Å²) in [6, 6.07) is 20.1. The van der Waals surface area contributed by atoms with Gasteiger partial charge in [0.1, 0.15) is 0 Å². The summed E-state index contributed by atoms with van der Waals surface area (Å²) < 4.78 is 0. The first-order valence-electron chi connectivity index (χ1n) is 14.4. The second-order valence-corrected chi connectivity index (χ2v) is 10.5. The number of rotatable bonds is 10. The molecule has 0 saturated carbocycles. The topological polar surface area (TPSA) is 6.48 Å². The Labute approximate surface area is 216 Å². The van der Waals surface area contributed by atoms with E-state index in [-0.39, 0.29) is 0 Å². The minimum absolute atomic E-state index is 0.608. The van der Waals surface area contributed by atoms with Gasteiger partial charge in [0.2, 0.25) is 0 Å². The zero-order valence-electron chi connectivity index (χ0n) is 22.9. The van der Waals surface area contributed by atoms with E-state index in [9.17, 15) is 0 Å². The molecule has 2 fully saturated rings. The van der Waals surface area contributed by atoms with Crippen LogP contribution in [0.1, 0.15) is 88.3 Å². The molecule has 0 spiro atoms. The maximum absolute atomic E-state index is 4.51. The van der Waals surface area contributed by atoms with Gasteiger partial charge in [-0.2, -0.15) is 0 Å². The zero-order valence-corrected chi connectivity index (χ0v) is 22.9. The highest BCUT2D eigenvalue weighted by Crippen LogP contribution is 2.29. The Morgan fingerprint density at radius 3 is 2.23 bits per heavy atom.